The molecule has 0 bridgehead atoms. The van der Waals surface area contributed by atoms with Gasteiger partial charge in [-0.1, -0.05) is 6.07 Å². The van der Waals surface area contributed by atoms with Crippen molar-refractivity contribution < 1.29 is 9.59 Å². The van der Waals surface area contributed by atoms with Gasteiger partial charge < -0.3 is 5.32 Å². The zero-order valence-electron chi connectivity index (χ0n) is 9.81. The van der Waals surface area contributed by atoms with Crippen LogP contribution in [0.3, 0.4) is 0 Å². The van der Waals surface area contributed by atoms with Crippen LogP contribution in [0.1, 0.15) is 22.5 Å². The van der Waals surface area contributed by atoms with E-state index in [2.05, 4.69) is 5.32 Å². The van der Waals surface area contributed by atoms with Gasteiger partial charge in [0, 0.05) is 6.04 Å². The zero-order chi connectivity index (χ0) is 12.3. The zero-order valence-corrected chi connectivity index (χ0v) is 10.6. The molecule has 0 radical (unpaired) electrons. The van der Waals surface area contributed by atoms with Crippen LogP contribution in [0.15, 0.2) is 17.5 Å². The Morgan fingerprint density at radius 1 is 1.47 bits per heavy atom. The van der Waals surface area contributed by atoms with Crippen LogP contribution in [0.4, 0.5) is 0 Å². The van der Waals surface area contributed by atoms with Gasteiger partial charge in [0.1, 0.15) is 0 Å². The molecule has 1 aliphatic carbocycles. The molecule has 4 nitrogen and oxygen atoms in total. The molecule has 0 unspecified atom stereocenters. The number of ketones is 1. The van der Waals surface area contributed by atoms with E-state index >= 15 is 0 Å². The summed E-state index contributed by atoms with van der Waals surface area (Å²) in [7, 11) is 1.79. The van der Waals surface area contributed by atoms with E-state index in [-0.39, 0.29) is 18.2 Å². The van der Waals surface area contributed by atoms with Crippen LogP contribution in [0.5, 0.6) is 0 Å². The third-order valence-electron chi connectivity index (χ3n) is 2.57. The minimum atomic E-state index is 0.00831. The summed E-state index contributed by atoms with van der Waals surface area (Å²) in [5.41, 5.74) is 0. The Morgan fingerprint density at radius 2 is 2.24 bits per heavy atom. The lowest BCUT2D eigenvalue weighted by atomic mass is 10.3. The summed E-state index contributed by atoms with van der Waals surface area (Å²) in [5, 5.41) is 4.79. The first kappa shape index (κ1) is 12.3. The van der Waals surface area contributed by atoms with E-state index in [0.717, 1.165) is 17.7 Å². The molecule has 1 aromatic heterocycles. The lowest BCUT2D eigenvalue weighted by Gasteiger charge is -2.14. The number of hydrogen-bond donors (Lipinski definition) is 1. The number of rotatable bonds is 6. The number of nitrogens with one attached hydrogen (secondary N) is 1. The fourth-order valence-corrected chi connectivity index (χ4v) is 2.22. The van der Waals surface area contributed by atoms with Gasteiger partial charge in [0.2, 0.25) is 5.91 Å². The van der Waals surface area contributed by atoms with Crippen molar-refractivity contribution in [2.75, 3.05) is 20.1 Å². The van der Waals surface area contributed by atoms with Crippen molar-refractivity contribution in [3.63, 3.8) is 0 Å². The number of amides is 1. The van der Waals surface area contributed by atoms with E-state index in [4.69, 9.17) is 0 Å². The standard InChI is InChI=1S/C12H16N2O2S/c1-14(8-12(16)13-9-4-5-9)7-10(15)11-3-2-6-17-11/h2-3,6,9H,4-5,7-8H2,1H3,(H,13,16). The molecule has 1 aliphatic rings. The highest BCUT2D eigenvalue weighted by molar-refractivity contribution is 7.12. The number of carbonyl (C=O) groups excluding carboxylic acids is 2. The first-order valence-corrected chi connectivity index (χ1v) is 6.58. The molecule has 5 heteroatoms. The summed E-state index contributed by atoms with van der Waals surface area (Å²) in [6.45, 7) is 0.576. The van der Waals surface area contributed by atoms with Gasteiger partial charge in [0.15, 0.2) is 5.78 Å². The molecule has 0 spiro atoms. The summed E-state index contributed by atoms with van der Waals surface area (Å²) in [4.78, 5) is 25.8. The minimum absolute atomic E-state index is 0.00831. The van der Waals surface area contributed by atoms with Crippen LogP contribution < -0.4 is 5.32 Å². The minimum Gasteiger partial charge on any atom is -0.352 e. The number of hydrogen-bond acceptors (Lipinski definition) is 4. The van der Waals surface area contributed by atoms with Crippen molar-refractivity contribution in [1.29, 1.82) is 0 Å². The first-order chi connectivity index (χ1) is 8.15. The monoisotopic (exact) mass is 252 g/mol. The molecule has 1 amide bonds. The lowest BCUT2D eigenvalue weighted by Crippen LogP contribution is -2.38. The summed E-state index contributed by atoms with van der Waals surface area (Å²) in [6.07, 6.45) is 2.17. The smallest absolute Gasteiger partial charge is 0.234 e. The van der Waals surface area contributed by atoms with Gasteiger partial charge in [0.25, 0.3) is 0 Å². The van der Waals surface area contributed by atoms with Gasteiger partial charge in [-0.3, -0.25) is 14.5 Å². The Balaban J connectivity index is 1.74. The van der Waals surface area contributed by atoms with E-state index in [1.54, 1.807) is 11.9 Å². The second-order valence-electron chi connectivity index (χ2n) is 4.41. The van der Waals surface area contributed by atoms with Crippen LogP contribution in [0.25, 0.3) is 0 Å². The summed E-state index contributed by atoms with van der Waals surface area (Å²) in [5.74, 6) is 0.0794. The highest BCUT2D eigenvalue weighted by atomic mass is 32.1. The summed E-state index contributed by atoms with van der Waals surface area (Å²) in [6, 6.07) is 4.05. The Hall–Kier alpha value is -1.20. The molecule has 1 saturated carbocycles. The van der Waals surface area contributed by atoms with Crippen LogP contribution in [-0.4, -0.2) is 42.8 Å². The Bertz CT molecular complexity index is 399. The summed E-state index contributed by atoms with van der Waals surface area (Å²) >= 11 is 1.44. The SMILES string of the molecule is CN(CC(=O)NC1CC1)CC(=O)c1cccs1. The van der Waals surface area contributed by atoms with E-state index in [1.807, 2.05) is 17.5 Å². The topological polar surface area (TPSA) is 49.4 Å². The van der Waals surface area contributed by atoms with E-state index < -0.39 is 0 Å². The van der Waals surface area contributed by atoms with Gasteiger partial charge >= 0.3 is 0 Å². The molecule has 1 heterocycles. The molecule has 17 heavy (non-hydrogen) atoms. The molecule has 92 valence electrons. The fourth-order valence-electron chi connectivity index (χ4n) is 1.56. The van der Waals surface area contributed by atoms with Gasteiger partial charge in [0.05, 0.1) is 18.0 Å². The Labute approximate surface area is 105 Å². The molecular formula is C12H16N2O2S. The third-order valence-corrected chi connectivity index (χ3v) is 3.48. The van der Waals surface area contributed by atoms with Gasteiger partial charge in [-0.05, 0) is 31.3 Å². The predicted molar refractivity (Wildman–Crippen MR) is 67.3 cm³/mol. The highest BCUT2D eigenvalue weighted by Crippen LogP contribution is 2.18. The maximum absolute atomic E-state index is 11.8. The Morgan fingerprint density at radius 3 is 2.82 bits per heavy atom. The van der Waals surface area contributed by atoms with Crippen LogP contribution in [0, 0.1) is 0 Å². The number of thiophene rings is 1. The van der Waals surface area contributed by atoms with Crippen LogP contribution in [-0.2, 0) is 4.79 Å². The van der Waals surface area contributed by atoms with Crippen LogP contribution in [0.2, 0.25) is 0 Å². The fraction of sp³-hybridized carbons (Fsp3) is 0.500. The normalized spacial score (nSPS) is 14.9. The maximum atomic E-state index is 11.8. The third kappa shape index (κ3) is 3.94. The van der Waals surface area contributed by atoms with Crippen molar-refractivity contribution in [3.05, 3.63) is 22.4 Å². The van der Waals surface area contributed by atoms with E-state index in [9.17, 15) is 9.59 Å². The van der Waals surface area contributed by atoms with Crippen molar-refractivity contribution in [2.45, 2.75) is 18.9 Å². The van der Waals surface area contributed by atoms with Gasteiger partial charge in [-0.25, -0.2) is 0 Å². The van der Waals surface area contributed by atoms with E-state index in [0.29, 0.717) is 12.6 Å². The number of nitrogens with zero attached hydrogens (tertiary/aromatic N) is 1. The molecule has 0 aliphatic heterocycles. The van der Waals surface area contributed by atoms with Crippen molar-refractivity contribution in [1.82, 2.24) is 10.2 Å². The number of Topliss-reactive ketones (excluding diaryl/α,β-unsaturated/α-hetero) is 1. The van der Waals surface area contributed by atoms with Gasteiger partial charge in [-0.2, -0.15) is 0 Å². The highest BCUT2D eigenvalue weighted by Gasteiger charge is 2.23. The average Bonchev–Trinajstić information content (AvgIpc) is 2.90. The van der Waals surface area contributed by atoms with Crippen molar-refractivity contribution >= 4 is 23.0 Å². The largest absolute Gasteiger partial charge is 0.352 e. The second kappa shape index (κ2) is 5.42. The number of carbonyl (C=O) groups is 2. The van der Waals surface area contributed by atoms with Crippen LogP contribution >= 0.6 is 11.3 Å². The van der Waals surface area contributed by atoms with E-state index in [1.165, 1.54) is 11.3 Å². The van der Waals surface area contributed by atoms with Gasteiger partial charge in [-0.15, -0.1) is 11.3 Å². The molecule has 0 aromatic carbocycles. The predicted octanol–water partition coefficient (Wildman–Crippen LogP) is 1.14. The van der Waals surface area contributed by atoms with Crippen molar-refractivity contribution in [3.8, 4) is 0 Å². The molecule has 1 N–H and O–H groups in total. The lowest BCUT2D eigenvalue weighted by molar-refractivity contribution is -0.121. The average molecular weight is 252 g/mol. The molecule has 2 rings (SSSR count). The maximum Gasteiger partial charge on any atom is 0.234 e. The Kier molecular flexibility index (Phi) is 3.91. The molecule has 1 aromatic rings. The quantitative estimate of drug-likeness (QED) is 0.772. The molecule has 0 atom stereocenters. The molecular weight excluding hydrogens is 236 g/mol. The molecule has 1 fully saturated rings. The molecule has 0 saturated heterocycles. The first-order valence-electron chi connectivity index (χ1n) is 5.70. The summed E-state index contributed by atoms with van der Waals surface area (Å²) < 4.78 is 0. The number of likely N-dealkylation sites (N-methyl/N-ethyl adjacent to an activating group) is 1. The van der Waals surface area contributed by atoms with Crippen molar-refractivity contribution in [2.24, 2.45) is 0 Å². The second-order valence-corrected chi connectivity index (χ2v) is 5.36.